The Morgan fingerprint density at radius 3 is 2.68 bits per heavy atom. The molecule has 2 atom stereocenters. The molecule has 5 nitrogen and oxygen atoms in total. The van der Waals surface area contributed by atoms with Gasteiger partial charge in [-0.15, -0.1) is 0 Å². The summed E-state index contributed by atoms with van der Waals surface area (Å²) in [4.78, 5) is 24.3. The average Bonchev–Trinajstić information content (AvgIpc) is 3.05. The number of esters is 1. The molecule has 1 aliphatic heterocycles. The van der Waals surface area contributed by atoms with Gasteiger partial charge in [0.1, 0.15) is 5.75 Å². The molecule has 0 aromatic heterocycles. The first-order valence-electron chi connectivity index (χ1n) is 10.1. The van der Waals surface area contributed by atoms with Crippen LogP contribution in [0.5, 0.6) is 5.75 Å². The molecule has 1 heterocycles. The molecule has 1 aromatic carbocycles. The smallest absolute Gasteiger partial charge is 0.303 e. The van der Waals surface area contributed by atoms with Gasteiger partial charge in [-0.2, -0.15) is 0 Å². The lowest BCUT2D eigenvalue weighted by atomic mass is 9.92. The second-order valence-electron chi connectivity index (χ2n) is 7.69. The minimum absolute atomic E-state index is 0.124. The number of carbonyl (C=O) groups excluding carboxylic acids is 2. The summed E-state index contributed by atoms with van der Waals surface area (Å²) in [6, 6.07) is 3.58. The number of fused-ring (bicyclic) bond motifs is 1. The third kappa shape index (κ3) is 5.93. The molecule has 0 amide bonds. The van der Waals surface area contributed by atoms with Crippen molar-refractivity contribution in [3.8, 4) is 5.75 Å². The normalized spacial score (nSPS) is 16.4. The molecule has 1 aliphatic rings. The zero-order valence-corrected chi connectivity index (χ0v) is 17.4. The molecule has 2 rings (SSSR count). The lowest BCUT2D eigenvalue weighted by Gasteiger charge is -2.19. The Hall–Kier alpha value is -2.14. The summed E-state index contributed by atoms with van der Waals surface area (Å²) >= 11 is 0. The summed E-state index contributed by atoms with van der Waals surface area (Å²) in [7, 11) is 0. The van der Waals surface area contributed by atoms with Crippen LogP contribution in [0, 0.1) is 0 Å². The molecule has 28 heavy (non-hydrogen) atoms. The summed E-state index contributed by atoms with van der Waals surface area (Å²) in [6.07, 6.45) is 5.25. The van der Waals surface area contributed by atoms with Crippen molar-refractivity contribution in [3.05, 3.63) is 40.5 Å². The van der Waals surface area contributed by atoms with E-state index in [1.54, 1.807) is 6.07 Å². The highest BCUT2D eigenvalue weighted by Crippen LogP contribution is 2.41. The molecular weight excluding hydrogens is 356 g/mol. The average molecular weight is 389 g/mol. The van der Waals surface area contributed by atoms with E-state index in [0.29, 0.717) is 6.42 Å². The van der Waals surface area contributed by atoms with Crippen LogP contribution in [0.15, 0.2) is 23.8 Å². The molecule has 1 N–H and O–H groups in total. The van der Waals surface area contributed by atoms with Gasteiger partial charge in [-0.25, -0.2) is 0 Å². The van der Waals surface area contributed by atoms with Gasteiger partial charge >= 0.3 is 5.97 Å². The first kappa shape index (κ1) is 22.2. The molecule has 0 saturated heterocycles. The molecule has 0 fully saturated rings. The Kier molecular flexibility index (Phi) is 8.24. The van der Waals surface area contributed by atoms with E-state index in [2.05, 4.69) is 13.0 Å². The van der Waals surface area contributed by atoms with Gasteiger partial charge in [-0.05, 0) is 50.3 Å². The van der Waals surface area contributed by atoms with Crippen LogP contribution in [-0.2, 0) is 32.1 Å². The van der Waals surface area contributed by atoms with Crippen molar-refractivity contribution in [1.82, 2.24) is 0 Å². The number of benzene rings is 1. The fourth-order valence-electron chi connectivity index (χ4n) is 3.55. The first-order chi connectivity index (χ1) is 13.3. The SMILES string of the molecule is CCCCCC(OC(C)=O)C(=O)CC1OCc2c(O)ccc(CC=C(C)C)c21. The highest BCUT2D eigenvalue weighted by molar-refractivity contribution is 5.86. The van der Waals surface area contributed by atoms with Crippen LogP contribution in [0.4, 0.5) is 0 Å². The third-order valence-corrected chi connectivity index (χ3v) is 5.03. The van der Waals surface area contributed by atoms with Crippen molar-refractivity contribution in [2.24, 2.45) is 0 Å². The number of ketones is 1. The van der Waals surface area contributed by atoms with Crippen LogP contribution in [-0.4, -0.2) is 23.0 Å². The van der Waals surface area contributed by atoms with Crippen LogP contribution >= 0.6 is 0 Å². The van der Waals surface area contributed by atoms with Gasteiger partial charge in [0.05, 0.1) is 12.7 Å². The number of phenols is 1. The maximum Gasteiger partial charge on any atom is 0.303 e. The molecule has 0 aliphatic carbocycles. The second kappa shape index (κ2) is 10.4. The number of phenolic OH excluding ortho intramolecular Hbond substituents is 1. The van der Waals surface area contributed by atoms with E-state index in [-0.39, 0.29) is 24.6 Å². The summed E-state index contributed by atoms with van der Waals surface area (Å²) < 4.78 is 11.1. The number of hydrogen-bond acceptors (Lipinski definition) is 5. The molecule has 5 heteroatoms. The summed E-state index contributed by atoms with van der Waals surface area (Å²) in [5, 5.41) is 10.2. The van der Waals surface area contributed by atoms with Crippen LogP contribution < -0.4 is 0 Å². The molecule has 0 spiro atoms. The Bertz CT molecular complexity index is 731. The van der Waals surface area contributed by atoms with Gasteiger partial charge in [-0.1, -0.05) is 37.5 Å². The molecular formula is C23H32O5. The Labute approximate surface area is 167 Å². The van der Waals surface area contributed by atoms with Crippen molar-refractivity contribution in [3.63, 3.8) is 0 Å². The predicted molar refractivity (Wildman–Crippen MR) is 108 cm³/mol. The number of Topliss-reactive ketones (excluding diaryl/α,β-unsaturated/α-hetero) is 1. The van der Waals surface area contributed by atoms with Crippen molar-refractivity contribution >= 4 is 11.8 Å². The molecule has 2 unspecified atom stereocenters. The van der Waals surface area contributed by atoms with E-state index in [1.165, 1.54) is 12.5 Å². The minimum Gasteiger partial charge on any atom is -0.508 e. The Morgan fingerprint density at radius 2 is 2.04 bits per heavy atom. The topological polar surface area (TPSA) is 72.8 Å². The fourth-order valence-corrected chi connectivity index (χ4v) is 3.55. The van der Waals surface area contributed by atoms with Crippen LogP contribution in [0.3, 0.4) is 0 Å². The molecule has 154 valence electrons. The van der Waals surface area contributed by atoms with Crippen molar-refractivity contribution in [2.75, 3.05) is 0 Å². The van der Waals surface area contributed by atoms with Crippen molar-refractivity contribution < 1.29 is 24.2 Å². The number of carbonyl (C=O) groups is 2. The van der Waals surface area contributed by atoms with E-state index < -0.39 is 18.2 Å². The highest BCUT2D eigenvalue weighted by atomic mass is 16.5. The monoisotopic (exact) mass is 388 g/mol. The maximum atomic E-state index is 12.9. The third-order valence-electron chi connectivity index (χ3n) is 5.03. The van der Waals surface area contributed by atoms with Crippen LogP contribution in [0.1, 0.15) is 82.6 Å². The molecule has 0 bridgehead atoms. The van der Waals surface area contributed by atoms with E-state index in [1.807, 2.05) is 19.9 Å². The lowest BCUT2D eigenvalue weighted by molar-refractivity contribution is -0.154. The van der Waals surface area contributed by atoms with Gasteiger partial charge in [0.25, 0.3) is 0 Å². The highest BCUT2D eigenvalue weighted by Gasteiger charge is 2.33. The predicted octanol–water partition coefficient (Wildman–Crippen LogP) is 4.94. The van der Waals surface area contributed by atoms with Gasteiger partial charge in [0.15, 0.2) is 11.9 Å². The fraction of sp³-hybridized carbons (Fsp3) is 0.565. The summed E-state index contributed by atoms with van der Waals surface area (Å²) in [5.74, 6) is -0.365. The minimum atomic E-state index is -0.727. The largest absolute Gasteiger partial charge is 0.508 e. The second-order valence-corrected chi connectivity index (χ2v) is 7.69. The first-order valence-corrected chi connectivity index (χ1v) is 10.1. The van der Waals surface area contributed by atoms with Gasteiger partial charge in [-0.3, -0.25) is 9.59 Å². The zero-order valence-electron chi connectivity index (χ0n) is 17.4. The Morgan fingerprint density at radius 1 is 1.29 bits per heavy atom. The zero-order chi connectivity index (χ0) is 20.7. The van der Waals surface area contributed by atoms with E-state index in [0.717, 1.165) is 42.4 Å². The number of aromatic hydroxyl groups is 1. The van der Waals surface area contributed by atoms with Crippen molar-refractivity contribution in [2.45, 2.75) is 85.0 Å². The quantitative estimate of drug-likeness (QED) is 0.349. The number of unbranched alkanes of at least 4 members (excludes halogenated alkanes) is 2. The van der Waals surface area contributed by atoms with Gasteiger partial charge in [0, 0.05) is 18.9 Å². The molecule has 0 saturated carbocycles. The van der Waals surface area contributed by atoms with E-state index in [9.17, 15) is 14.7 Å². The molecule has 0 radical (unpaired) electrons. The van der Waals surface area contributed by atoms with Crippen molar-refractivity contribution in [1.29, 1.82) is 0 Å². The number of allylic oxidation sites excluding steroid dienone is 2. The summed E-state index contributed by atoms with van der Waals surface area (Å²) in [6.45, 7) is 7.79. The van der Waals surface area contributed by atoms with Gasteiger partial charge in [0.2, 0.25) is 0 Å². The lowest BCUT2D eigenvalue weighted by Crippen LogP contribution is -2.28. The summed E-state index contributed by atoms with van der Waals surface area (Å²) in [5.41, 5.74) is 3.92. The van der Waals surface area contributed by atoms with Crippen LogP contribution in [0.25, 0.3) is 0 Å². The molecule has 1 aromatic rings. The standard InChI is InChI=1S/C23H32O5/c1-5-6-7-8-21(28-16(4)24)20(26)13-22-23-17(10-9-15(2)3)11-12-19(25)18(23)14-27-22/h9,11-12,21-22,25H,5-8,10,13-14H2,1-4H3. The number of ether oxygens (including phenoxy) is 2. The number of hydrogen-bond donors (Lipinski definition) is 1. The number of rotatable bonds is 10. The van der Waals surface area contributed by atoms with E-state index >= 15 is 0 Å². The van der Waals surface area contributed by atoms with E-state index in [4.69, 9.17) is 9.47 Å². The Balaban J connectivity index is 2.19. The van der Waals surface area contributed by atoms with Gasteiger partial charge < -0.3 is 14.6 Å². The maximum absolute atomic E-state index is 12.9. The van der Waals surface area contributed by atoms with Crippen LogP contribution in [0.2, 0.25) is 0 Å².